The number of amides is 1. The molecule has 0 spiro atoms. The third-order valence-corrected chi connectivity index (χ3v) is 3.27. The molecule has 0 radical (unpaired) electrons. The molecule has 0 saturated carbocycles. The van der Waals surface area contributed by atoms with Crippen LogP contribution in [0.15, 0.2) is 0 Å². The zero-order valence-electron chi connectivity index (χ0n) is 10.2. The Morgan fingerprint density at radius 2 is 2.00 bits per heavy atom. The minimum atomic E-state index is 0.0786. The summed E-state index contributed by atoms with van der Waals surface area (Å²) < 4.78 is 10.7. The number of ether oxygens (including phenoxy) is 2. The first-order chi connectivity index (χ1) is 8.34. The van der Waals surface area contributed by atoms with Crippen LogP contribution in [0.3, 0.4) is 0 Å². The van der Waals surface area contributed by atoms with E-state index in [-0.39, 0.29) is 5.91 Å². The van der Waals surface area contributed by atoms with Gasteiger partial charge in [0.2, 0.25) is 5.91 Å². The Balaban J connectivity index is 1.53. The summed E-state index contributed by atoms with van der Waals surface area (Å²) in [6.07, 6.45) is 4.40. The van der Waals surface area contributed by atoms with E-state index in [1.54, 1.807) is 0 Å². The molecular formula is C12H22N2O3. The summed E-state index contributed by atoms with van der Waals surface area (Å²) in [7, 11) is 0. The maximum absolute atomic E-state index is 11.6. The molecule has 0 aliphatic carbocycles. The van der Waals surface area contributed by atoms with Gasteiger partial charge in [-0.3, -0.25) is 4.79 Å². The monoisotopic (exact) mass is 242 g/mol. The normalized spacial score (nSPS) is 26.0. The number of carbonyl (C=O) groups excluding carboxylic acids is 1. The largest absolute Gasteiger partial charge is 0.381 e. The molecule has 2 fully saturated rings. The molecule has 2 saturated heterocycles. The molecule has 1 unspecified atom stereocenters. The molecule has 0 bridgehead atoms. The van der Waals surface area contributed by atoms with Gasteiger partial charge in [-0.15, -0.1) is 0 Å². The fourth-order valence-electron chi connectivity index (χ4n) is 2.27. The topological polar surface area (TPSA) is 59.6 Å². The zero-order valence-corrected chi connectivity index (χ0v) is 10.2. The number of hydrogen-bond acceptors (Lipinski definition) is 4. The van der Waals surface area contributed by atoms with Crippen LogP contribution in [-0.4, -0.2) is 51.0 Å². The highest BCUT2D eigenvalue weighted by atomic mass is 16.5. The van der Waals surface area contributed by atoms with E-state index in [0.29, 0.717) is 18.7 Å². The molecule has 0 aromatic heterocycles. The Bertz CT molecular complexity index is 236. The van der Waals surface area contributed by atoms with Crippen LogP contribution in [0.2, 0.25) is 0 Å². The van der Waals surface area contributed by atoms with Crippen LogP contribution in [-0.2, 0) is 14.3 Å². The van der Waals surface area contributed by atoms with Crippen LogP contribution >= 0.6 is 0 Å². The molecule has 0 aromatic carbocycles. The lowest BCUT2D eigenvalue weighted by atomic mass is 10.1. The maximum Gasteiger partial charge on any atom is 0.234 e. The molecule has 98 valence electrons. The summed E-state index contributed by atoms with van der Waals surface area (Å²) in [5, 5.41) is 6.17. The first-order valence-corrected chi connectivity index (χ1v) is 6.54. The van der Waals surface area contributed by atoms with Crippen molar-refractivity contribution < 1.29 is 14.3 Å². The van der Waals surface area contributed by atoms with Crippen molar-refractivity contribution >= 4 is 5.91 Å². The van der Waals surface area contributed by atoms with Gasteiger partial charge < -0.3 is 20.1 Å². The average Bonchev–Trinajstić information content (AvgIpc) is 2.83. The zero-order chi connectivity index (χ0) is 11.9. The lowest BCUT2D eigenvalue weighted by Crippen LogP contribution is -2.44. The van der Waals surface area contributed by atoms with E-state index in [4.69, 9.17) is 9.47 Å². The van der Waals surface area contributed by atoms with Crippen molar-refractivity contribution in [3.8, 4) is 0 Å². The van der Waals surface area contributed by atoms with Gasteiger partial charge in [0.25, 0.3) is 0 Å². The second-order valence-corrected chi connectivity index (χ2v) is 4.72. The van der Waals surface area contributed by atoms with E-state index in [0.717, 1.165) is 52.0 Å². The lowest BCUT2D eigenvalue weighted by molar-refractivity contribution is -0.121. The molecule has 2 heterocycles. The Morgan fingerprint density at radius 1 is 1.18 bits per heavy atom. The molecule has 2 aliphatic heterocycles. The van der Waals surface area contributed by atoms with Crippen LogP contribution in [0, 0.1) is 0 Å². The molecule has 1 amide bonds. The Kier molecular flexibility index (Phi) is 5.22. The van der Waals surface area contributed by atoms with E-state index >= 15 is 0 Å². The molecule has 5 nitrogen and oxygen atoms in total. The summed E-state index contributed by atoms with van der Waals surface area (Å²) in [6.45, 7) is 3.54. The van der Waals surface area contributed by atoms with Gasteiger partial charge in [0.15, 0.2) is 0 Å². The summed E-state index contributed by atoms with van der Waals surface area (Å²) in [5.41, 5.74) is 0. The highest BCUT2D eigenvalue weighted by molar-refractivity contribution is 5.78. The molecule has 2 N–H and O–H groups in total. The van der Waals surface area contributed by atoms with Gasteiger partial charge in [-0.2, -0.15) is 0 Å². The van der Waals surface area contributed by atoms with Gasteiger partial charge in [0.1, 0.15) is 0 Å². The van der Waals surface area contributed by atoms with Gasteiger partial charge in [-0.05, 0) is 25.7 Å². The van der Waals surface area contributed by atoms with E-state index in [9.17, 15) is 4.79 Å². The molecule has 2 aliphatic rings. The van der Waals surface area contributed by atoms with Crippen LogP contribution < -0.4 is 10.6 Å². The van der Waals surface area contributed by atoms with Crippen molar-refractivity contribution in [2.24, 2.45) is 0 Å². The number of carbonyl (C=O) groups is 1. The van der Waals surface area contributed by atoms with Crippen molar-refractivity contribution in [3.63, 3.8) is 0 Å². The average molecular weight is 242 g/mol. The standard InChI is InChI=1S/C12H22N2O3/c15-12(14-10-3-6-16-7-4-10)9-13-8-11-2-1-5-17-11/h10-11,13H,1-9H2,(H,14,15). The molecule has 0 aromatic rings. The molecule has 5 heteroatoms. The van der Waals surface area contributed by atoms with Gasteiger partial charge in [-0.1, -0.05) is 0 Å². The molecule has 1 atom stereocenters. The third kappa shape index (κ3) is 4.61. The van der Waals surface area contributed by atoms with Crippen molar-refractivity contribution in [3.05, 3.63) is 0 Å². The minimum Gasteiger partial charge on any atom is -0.381 e. The summed E-state index contributed by atoms with van der Waals surface area (Å²) in [6, 6.07) is 0.292. The fourth-order valence-corrected chi connectivity index (χ4v) is 2.27. The predicted octanol–water partition coefficient (Wildman–Crippen LogP) is 0.0502. The van der Waals surface area contributed by atoms with E-state index in [1.165, 1.54) is 0 Å². The molecule has 17 heavy (non-hydrogen) atoms. The highest BCUT2D eigenvalue weighted by Gasteiger charge is 2.17. The van der Waals surface area contributed by atoms with Crippen LogP contribution in [0.4, 0.5) is 0 Å². The van der Waals surface area contributed by atoms with E-state index in [2.05, 4.69) is 10.6 Å². The van der Waals surface area contributed by atoms with Crippen LogP contribution in [0.5, 0.6) is 0 Å². The Hall–Kier alpha value is -0.650. The maximum atomic E-state index is 11.6. The number of hydrogen-bond donors (Lipinski definition) is 2. The Labute approximate surface area is 102 Å². The molecule has 2 rings (SSSR count). The fraction of sp³-hybridized carbons (Fsp3) is 0.917. The summed E-state index contributed by atoms with van der Waals surface area (Å²) in [5.74, 6) is 0.0786. The van der Waals surface area contributed by atoms with Crippen molar-refractivity contribution in [1.29, 1.82) is 0 Å². The highest BCUT2D eigenvalue weighted by Crippen LogP contribution is 2.10. The Morgan fingerprint density at radius 3 is 2.71 bits per heavy atom. The van der Waals surface area contributed by atoms with Crippen molar-refractivity contribution in [2.75, 3.05) is 32.9 Å². The second kappa shape index (κ2) is 6.93. The van der Waals surface area contributed by atoms with Gasteiger partial charge in [0, 0.05) is 32.4 Å². The minimum absolute atomic E-state index is 0.0786. The van der Waals surface area contributed by atoms with E-state index in [1.807, 2.05) is 0 Å². The second-order valence-electron chi connectivity index (χ2n) is 4.72. The van der Waals surface area contributed by atoms with Crippen LogP contribution in [0.25, 0.3) is 0 Å². The summed E-state index contributed by atoms with van der Waals surface area (Å²) in [4.78, 5) is 11.6. The van der Waals surface area contributed by atoms with Crippen molar-refractivity contribution in [2.45, 2.75) is 37.8 Å². The smallest absolute Gasteiger partial charge is 0.234 e. The first kappa shape index (κ1) is 12.8. The van der Waals surface area contributed by atoms with Gasteiger partial charge in [0.05, 0.1) is 12.6 Å². The van der Waals surface area contributed by atoms with E-state index < -0.39 is 0 Å². The number of nitrogens with one attached hydrogen (secondary N) is 2. The molecular weight excluding hydrogens is 220 g/mol. The quantitative estimate of drug-likeness (QED) is 0.715. The van der Waals surface area contributed by atoms with Crippen molar-refractivity contribution in [1.82, 2.24) is 10.6 Å². The number of rotatable bonds is 5. The third-order valence-electron chi connectivity index (χ3n) is 3.27. The lowest BCUT2D eigenvalue weighted by Gasteiger charge is -2.23. The van der Waals surface area contributed by atoms with Gasteiger partial charge in [-0.25, -0.2) is 0 Å². The first-order valence-electron chi connectivity index (χ1n) is 6.54. The SMILES string of the molecule is O=C(CNCC1CCCO1)NC1CCOCC1. The van der Waals surface area contributed by atoms with Crippen LogP contribution in [0.1, 0.15) is 25.7 Å². The predicted molar refractivity (Wildman–Crippen MR) is 63.8 cm³/mol. The summed E-state index contributed by atoms with van der Waals surface area (Å²) >= 11 is 0. The van der Waals surface area contributed by atoms with Gasteiger partial charge >= 0.3 is 0 Å².